The zero-order valence-electron chi connectivity index (χ0n) is 13.2. The molecule has 1 fully saturated rings. The van der Waals surface area contributed by atoms with Gasteiger partial charge in [0.05, 0.1) is 11.4 Å². The molecule has 0 aliphatic carbocycles. The molecule has 0 spiro atoms. The molecule has 116 valence electrons. The zero-order chi connectivity index (χ0) is 15.1. The lowest BCUT2D eigenvalue weighted by atomic mass is 9.79. The van der Waals surface area contributed by atoms with E-state index in [1.54, 1.807) is 0 Å². The maximum Gasteiger partial charge on any atom is 0.0659 e. The van der Waals surface area contributed by atoms with Crippen LogP contribution in [-0.4, -0.2) is 34.7 Å². The van der Waals surface area contributed by atoms with Crippen molar-refractivity contribution in [2.75, 3.05) is 19.7 Å². The number of aliphatic hydroxyl groups is 1. The van der Waals surface area contributed by atoms with Crippen LogP contribution in [-0.2, 0) is 6.42 Å². The predicted octanol–water partition coefficient (Wildman–Crippen LogP) is 3.41. The fourth-order valence-corrected chi connectivity index (χ4v) is 4.26. The van der Waals surface area contributed by atoms with E-state index in [2.05, 4.69) is 47.1 Å². The Morgan fingerprint density at radius 1 is 1.32 bits per heavy atom. The van der Waals surface area contributed by atoms with Crippen LogP contribution in [0.4, 0.5) is 0 Å². The molecular weight excluding hydrogens is 272 g/mol. The van der Waals surface area contributed by atoms with Gasteiger partial charge in [0.15, 0.2) is 0 Å². The van der Waals surface area contributed by atoms with Crippen molar-refractivity contribution < 1.29 is 5.11 Å². The molecule has 2 N–H and O–H groups in total. The third-order valence-electron chi connectivity index (χ3n) is 5.46. The largest absolute Gasteiger partial charge is 0.396 e. The second-order valence-electron chi connectivity index (χ2n) is 6.62. The standard InChI is InChI=1S/C19H24N2O/c1-2-13-12-21-9-7-14(13)11-18(21)19-16(8-10-22)15-5-3-4-6-17(15)20-19/h3-6,11,13-14,20,22H,2,7-10,12H2,1H3/t13-,14-/m0/s1. The number of hydrogen-bond donors (Lipinski definition) is 2. The topological polar surface area (TPSA) is 39.3 Å². The van der Waals surface area contributed by atoms with E-state index in [-0.39, 0.29) is 6.61 Å². The Bertz CT molecular complexity index is 715. The van der Waals surface area contributed by atoms with E-state index in [1.807, 2.05) is 0 Å². The van der Waals surface area contributed by atoms with Crippen LogP contribution in [0.25, 0.3) is 16.6 Å². The molecule has 1 aromatic carbocycles. The van der Waals surface area contributed by atoms with Crippen molar-refractivity contribution in [2.24, 2.45) is 11.8 Å². The predicted molar refractivity (Wildman–Crippen MR) is 90.5 cm³/mol. The summed E-state index contributed by atoms with van der Waals surface area (Å²) >= 11 is 0. The first-order valence-electron chi connectivity index (χ1n) is 8.49. The number of benzene rings is 1. The quantitative estimate of drug-likeness (QED) is 0.907. The van der Waals surface area contributed by atoms with Crippen LogP contribution in [0.3, 0.4) is 0 Å². The van der Waals surface area contributed by atoms with Crippen molar-refractivity contribution in [2.45, 2.75) is 26.2 Å². The van der Waals surface area contributed by atoms with E-state index in [0.717, 1.165) is 11.8 Å². The molecule has 5 rings (SSSR count). The third kappa shape index (κ3) is 2.07. The van der Waals surface area contributed by atoms with Gasteiger partial charge in [0.25, 0.3) is 0 Å². The second-order valence-corrected chi connectivity index (χ2v) is 6.62. The lowest BCUT2D eigenvalue weighted by Gasteiger charge is -2.45. The molecule has 0 radical (unpaired) electrons. The van der Waals surface area contributed by atoms with Crippen molar-refractivity contribution in [3.63, 3.8) is 0 Å². The minimum Gasteiger partial charge on any atom is -0.396 e. The molecule has 3 aliphatic rings. The van der Waals surface area contributed by atoms with E-state index < -0.39 is 0 Å². The number of fused-ring (bicyclic) bond motifs is 3. The van der Waals surface area contributed by atoms with Gasteiger partial charge < -0.3 is 15.0 Å². The first-order chi connectivity index (χ1) is 10.8. The van der Waals surface area contributed by atoms with E-state index in [1.165, 1.54) is 53.8 Å². The molecule has 2 aromatic rings. The molecule has 22 heavy (non-hydrogen) atoms. The number of aromatic amines is 1. The Hall–Kier alpha value is -1.74. The summed E-state index contributed by atoms with van der Waals surface area (Å²) in [4.78, 5) is 6.16. The molecule has 2 bridgehead atoms. The Morgan fingerprint density at radius 3 is 2.91 bits per heavy atom. The highest BCUT2D eigenvalue weighted by atomic mass is 16.2. The van der Waals surface area contributed by atoms with Gasteiger partial charge in [-0.3, -0.25) is 0 Å². The van der Waals surface area contributed by atoms with Gasteiger partial charge in [-0.25, -0.2) is 0 Å². The van der Waals surface area contributed by atoms with Gasteiger partial charge in [0.1, 0.15) is 0 Å². The van der Waals surface area contributed by atoms with E-state index >= 15 is 0 Å². The normalized spacial score (nSPS) is 24.1. The van der Waals surface area contributed by atoms with Crippen molar-refractivity contribution in [1.29, 1.82) is 0 Å². The van der Waals surface area contributed by atoms with E-state index in [0.29, 0.717) is 6.42 Å². The zero-order valence-corrected chi connectivity index (χ0v) is 13.2. The molecular formula is C19H24N2O. The molecule has 3 aliphatic heterocycles. The maximum absolute atomic E-state index is 9.49. The molecule has 0 amide bonds. The van der Waals surface area contributed by atoms with Crippen molar-refractivity contribution >= 4 is 16.6 Å². The summed E-state index contributed by atoms with van der Waals surface area (Å²) in [5.74, 6) is 1.53. The molecule has 4 heterocycles. The molecule has 2 atom stereocenters. The number of aromatic nitrogens is 1. The van der Waals surface area contributed by atoms with Crippen molar-refractivity contribution in [3.8, 4) is 0 Å². The highest BCUT2D eigenvalue weighted by molar-refractivity contribution is 5.89. The van der Waals surface area contributed by atoms with Gasteiger partial charge >= 0.3 is 0 Å². The fraction of sp³-hybridized carbons (Fsp3) is 0.474. The molecule has 0 saturated carbocycles. The Balaban J connectivity index is 1.83. The fourth-order valence-electron chi connectivity index (χ4n) is 4.26. The summed E-state index contributed by atoms with van der Waals surface area (Å²) in [6, 6.07) is 8.44. The molecule has 3 nitrogen and oxygen atoms in total. The molecule has 0 unspecified atom stereocenters. The number of H-pyrrole nitrogens is 1. The second kappa shape index (κ2) is 5.47. The van der Waals surface area contributed by atoms with Gasteiger partial charge in [0, 0.05) is 30.6 Å². The SMILES string of the molecule is CC[C@H]1CN2CC[C@H]1C=C2c1[nH]c2ccccc2c1CCO. The minimum absolute atomic E-state index is 0.198. The monoisotopic (exact) mass is 296 g/mol. The van der Waals surface area contributed by atoms with E-state index in [4.69, 9.17) is 0 Å². The number of nitrogens with one attached hydrogen (secondary N) is 1. The number of hydrogen-bond acceptors (Lipinski definition) is 2. The van der Waals surface area contributed by atoms with Crippen LogP contribution < -0.4 is 0 Å². The van der Waals surface area contributed by atoms with Crippen LogP contribution >= 0.6 is 0 Å². The average molecular weight is 296 g/mol. The van der Waals surface area contributed by atoms with Crippen LogP contribution in [0.5, 0.6) is 0 Å². The first-order valence-corrected chi connectivity index (χ1v) is 8.49. The van der Waals surface area contributed by atoms with Crippen molar-refractivity contribution in [3.05, 3.63) is 41.6 Å². The Morgan fingerprint density at radius 2 is 2.18 bits per heavy atom. The third-order valence-corrected chi connectivity index (χ3v) is 5.46. The van der Waals surface area contributed by atoms with Gasteiger partial charge in [-0.15, -0.1) is 0 Å². The smallest absolute Gasteiger partial charge is 0.0659 e. The molecule has 1 aromatic heterocycles. The minimum atomic E-state index is 0.198. The van der Waals surface area contributed by atoms with Gasteiger partial charge in [-0.05, 0) is 36.3 Å². The summed E-state index contributed by atoms with van der Waals surface area (Å²) in [6.07, 6.45) is 5.75. The van der Waals surface area contributed by atoms with Crippen LogP contribution in [0, 0.1) is 11.8 Å². The highest BCUT2D eigenvalue weighted by Gasteiger charge is 2.34. The van der Waals surface area contributed by atoms with Crippen LogP contribution in [0.1, 0.15) is 31.0 Å². The summed E-state index contributed by atoms with van der Waals surface area (Å²) < 4.78 is 0. The lowest BCUT2D eigenvalue weighted by Crippen LogP contribution is -2.43. The number of aliphatic hydroxyl groups excluding tert-OH is 1. The van der Waals surface area contributed by atoms with Crippen LogP contribution in [0.2, 0.25) is 0 Å². The Labute approximate surface area is 131 Å². The molecule has 1 saturated heterocycles. The maximum atomic E-state index is 9.49. The van der Waals surface area contributed by atoms with Gasteiger partial charge in [-0.2, -0.15) is 0 Å². The summed E-state index contributed by atoms with van der Waals surface area (Å²) in [7, 11) is 0. The molecule has 3 heteroatoms. The van der Waals surface area contributed by atoms with Crippen LogP contribution in [0.15, 0.2) is 30.3 Å². The summed E-state index contributed by atoms with van der Waals surface area (Å²) in [6.45, 7) is 4.85. The summed E-state index contributed by atoms with van der Waals surface area (Å²) in [5.41, 5.74) is 5.04. The van der Waals surface area contributed by atoms with Gasteiger partial charge in [-0.1, -0.05) is 37.6 Å². The lowest BCUT2D eigenvalue weighted by molar-refractivity contribution is 0.173. The Kier molecular flexibility index (Phi) is 3.45. The van der Waals surface area contributed by atoms with Crippen molar-refractivity contribution in [1.82, 2.24) is 9.88 Å². The highest BCUT2D eigenvalue weighted by Crippen LogP contribution is 2.41. The number of rotatable bonds is 4. The average Bonchev–Trinajstić information content (AvgIpc) is 2.94. The number of piperidine rings is 1. The number of allylic oxidation sites excluding steroid dienone is 1. The van der Waals surface area contributed by atoms with E-state index in [9.17, 15) is 5.11 Å². The first kappa shape index (κ1) is 13.9. The number of para-hydroxylation sites is 1. The summed E-state index contributed by atoms with van der Waals surface area (Å²) in [5, 5.41) is 10.7. The number of nitrogens with zero attached hydrogens (tertiary/aromatic N) is 1. The van der Waals surface area contributed by atoms with Gasteiger partial charge in [0.2, 0.25) is 0 Å².